The van der Waals surface area contributed by atoms with Gasteiger partial charge in [-0.15, -0.1) is 0 Å². The Morgan fingerprint density at radius 1 is 0.871 bits per heavy atom. The molecule has 0 bridgehead atoms. The lowest BCUT2D eigenvalue weighted by atomic mass is 9.77. The fourth-order valence-electron chi connectivity index (χ4n) is 4.28. The number of rotatable bonds is 8. The summed E-state index contributed by atoms with van der Waals surface area (Å²) in [6.45, 7) is 2.17. The lowest BCUT2D eigenvalue weighted by Gasteiger charge is -2.29. The molecule has 1 fully saturated rings. The maximum Gasteiger partial charge on any atom is 0.429 e. The van der Waals surface area contributed by atoms with Crippen LogP contribution in [-0.4, -0.2) is 0 Å². The van der Waals surface area contributed by atoms with Crippen LogP contribution in [0, 0.1) is 29.2 Å². The van der Waals surface area contributed by atoms with Gasteiger partial charge >= 0.3 is 6.11 Å². The highest BCUT2D eigenvalue weighted by atomic mass is 19.3. The highest BCUT2D eigenvalue weighted by molar-refractivity contribution is 5.31. The van der Waals surface area contributed by atoms with Gasteiger partial charge in [0, 0.05) is 12.1 Å². The lowest BCUT2D eigenvalue weighted by Crippen LogP contribution is -2.24. The summed E-state index contributed by atoms with van der Waals surface area (Å²) in [7, 11) is 0. The topological polar surface area (TPSA) is 9.23 Å². The summed E-state index contributed by atoms with van der Waals surface area (Å²) in [6, 6.07) is 4.05. The molecule has 0 heterocycles. The van der Waals surface area contributed by atoms with Gasteiger partial charge in [-0.05, 0) is 55.2 Å². The van der Waals surface area contributed by atoms with E-state index in [2.05, 4.69) is 11.7 Å². The van der Waals surface area contributed by atoms with Crippen LogP contribution in [0.25, 0.3) is 0 Å². The minimum Gasteiger partial charge on any atom is -0.429 e. The molecular formula is C24H26F6O. The highest BCUT2D eigenvalue weighted by Crippen LogP contribution is 2.40. The maximum absolute atomic E-state index is 14.5. The quantitative estimate of drug-likeness (QED) is 0.226. The van der Waals surface area contributed by atoms with Gasteiger partial charge in [-0.1, -0.05) is 38.7 Å². The summed E-state index contributed by atoms with van der Waals surface area (Å²) in [5, 5.41) is 0. The number of benzene rings is 2. The van der Waals surface area contributed by atoms with Crippen molar-refractivity contribution < 1.29 is 31.1 Å². The van der Waals surface area contributed by atoms with Gasteiger partial charge in [-0.25, -0.2) is 17.6 Å². The molecule has 0 unspecified atom stereocenters. The Morgan fingerprint density at radius 2 is 1.52 bits per heavy atom. The van der Waals surface area contributed by atoms with Crippen LogP contribution in [0.4, 0.5) is 26.3 Å². The van der Waals surface area contributed by atoms with Gasteiger partial charge in [0.1, 0.15) is 11.6 Å². The largest absolute Gasteiger partial charge is 0.429 e. The van der Waals surface area contributed by atoms with Crippen LogP contribution in [0.2, 0.25) is 0 Å². The third-order valence-electron chi connectivity index (χ3n) is 6.04. The first-order chi connectivity index (χ1) is 14.7. The predicted octanol–water partition coefficient (Wildman–Crippen LogP) is 8.23. The van der Waals surface area contributed by atoms with E-state index in [1.807, 2.05) is 0 Å². The summed E-state index contributed by atoms with van der Waals surface area (Å²) in [4.78, 5) is 0. The second-order valence-electron chi connectivity index (χ2n) is 8.27. The van der Waals surface area contributed by atoms with Gasteiger partial charge in [0.05, 0.1) is 5.56 Å². The minimum absolute atomic E-state index is 0.112. The van der Waals surface area contributed by atoms with Crippen LogP contribution >= 0.6 is 0 Å². The maximum atomic E-state index is 14.5. The van der Waals surface area contributed by atoms with Gasteiger partial charge < -0.3 is 4.74 Å². The van der Waals surface area contributed by atoms with Gasteiger partial charge in [-0.2, -0.15) is 8.78 Å². The summed E-state index contributed by atoms with van der Waals surface area (Å²) < 4.78 is 87.2. The van der Waals surface area contributed by atoms with Crippen LogP contribution in [0.15, 0.2) is 30.3 Å². The molecule has 0 saturated heterocycles. The number of alkyl halides is 2. The molecule has 2 aromatic carbocycles. The summed E-state index contributed by atoms with van der Waals surface area (Å²) >= 11 is 0. The molecular weight excluding hydrogens is 418 g/mol. The Kier molecular flexibility index (Phi) is 7.55. The van der Waals surface area contributed by atoms with Gasteiger partial charge in [0.25, 0.3) is 0 Å². The molecule has 1 nitrogen and oxygen atoms in total. The van der Waals surface area contributed by atoms with Crippen molar-refractivity contribution >= 4 is 0 Å². The third kappa shape index (κ3) is 5.74. The van der Waals surface area contributed by atoms with E-state index in [1.165, 1.54) is 31.7 Å². The molecule has 0 amide bonds. The average Bonchev–Trinajstić information content (AvgIpc) is 2.72. The first-order valence-corrected chi connectivity index (χ1v) is 10.7. The Labute approximate surface area is 178 Å². The zero-order chi connectivity index (χ0) is 22.6. The third-order valence-corrected chi connectivity index (χ3v) is 6.04. The zero-order valence-electron chi connectivity index (χ0n) is 17.4. The summed E-state index contributed by atoms with van der Waals surface area (Å²) in [6.07, 6.45) is 4.48. The van der Waals surface area contributed by atoms with Crippen LogP contribution in [0.1, 0.15) is 75.3 Å². The normalized spacial score (nSPS) is 19.5. The highest BCUT2D eigenvalue weighted by Gasteiger charge is 2.38. The molecule has 3 rings (SSSR count). The molecule has 2 aromatic rings. The van der Waals surface area contributed by atoms with Gasteiger partial charge in [0.15, 0.2) is 17.5 Å². The standard InChI is InChI=1S/C24H26F6O/c1-2-3-4-5-15-6-8-16(9-7-15)17-10-11-19(20(25)12-17)24(29,30)31-18-13-21(26)23(28)22(27)14-18/h10-16H,2-9H2,1H3. The summed E-state index contributed by atoms with van der Waals surface area (Å²) in [5.41, 5.74) is -0.391. The molecule has 170 valence electrons. The van der Waals surface area contributed by atoms with Crippen molar-refractivity contribution in [2.45, 2.75) is 70.3 Å². The second kappa shape index (κ2) is 9.96. The Hall–Kier alpha value is -2.18. The molecule has 0 atom stereocenters. The van der Waals surface area contributed by atoms with Crippen molar-refractivity contribution in [1.82, 2.24) is 0 Å². The van der Waals surface area contributed by atoms with E-state index < -0.39 is 40.7 Å². The molecule has 1 aliphatic rings. The molecule has 7 heteroatoms. The molecule has 1 aliphatic carbocycles. The van der Waals surface area contributed by atoms with E-state index in [4.69, 9.17) is 0 Å². The van der Waals surface area contributed by atoms with Crippen molar-refractivity contribution in [1.29, 1.82) is 0 Å². The minimum atomic E-state index is -4.18. The number of ether oxygens (including phenoxy) is 1. The molecule has 31 heavy (non-hydrogen) atoms. The fourth-order valence-corrected chi connectivity index (χ4v) is 4.28. The average molecular weight is 444 g/mol. The van der Waals surface area contributed by atoms with Crippen molar-refractivity contribution in [3.05, 3.63) is 64.7 Å². The van der Waals surface area contributed by atoms with E-state index in [9.17, 15) is 26.3 Å². The number of halogens is 6. The van der Waals surface area contributed by atoms with Crippen LogP contribution in [0.5, 0.6) is 5.75 Å². The number of hydrogen-bond acceptors (Lipinski definition) is 1. The monoisotopic (exact) mass is 444 g/mol. The van der Waals surface area contributed by atoms with Crippen molar-refractivity contribution in [3.63, 3.8) is 0 Å². The first-order valence-electron chi connectivity index (χ1n) is 10.7. The Bertz CT molecular complexity index is 867. The summed E-state index contributed by atoms with van der Waals surface area (Å²) in [5.74, 6) is -6.46. The second-order valence-corrected chi connectivity index (χ2v) is 8.27. The lowest BCUT2D eigenvalue weighted by molar-refractivity contribution is -0.187. The van der Waals surface area contributed by atoms with E-state index in [0.29, 0.717) is 11.5 Å². The fraction of sp³-hybridized carbons (Fsp3) is 0.500. The predicted molar refractivity (Wildman–Crippen MR) is 106 cm³/mol. The van der Waals surface area contributed by atoms with Crippen molar-refractivity contribution in [2.24, 2.45) is 5.92 Å². The molecule has 0 radical (unpaired) electrons. The molecule has 0 N–H and O–H groups in total. The number of unbranched alkanes of at least 4 members (excludes halogenated alkanes) is 2. The first kappa shape index (κ1) is 23.5. The van der Waals surface area contributed by atoms with Crippen LogP contribution in [0.3, 0.4) is 0 Å². The van der Waals surface area contributed by atoms with E-state index >= 15 is 0 Å². The van der Waals surface area contributed by atoms with E-state index in [0.717, 1.165) is 37.8 Å². The Balaban J connectivity index is 1.67. The SMILES string of the molecule is CCCCCC1CCC(c2ccc(C(F)(F)Oc3cc(F)c(F)c(F)c3)c(F)c2)CC1. The van der Waals surface area contributed by atoms with Crippen LogP contribution in [-0.2, 0) is 6.11 Å². The van der Waals surface area contributed by atoms with Crippen molar-refractivity contribution in [3.8, 4) is 5.75 Å². The van der Waals surface area contributed by atoms with Crippen molar-refractivity contribution in [2.75, 3.05) is 0 Å². The molecule has 0 aliphatic heterocycles. The Morgan fingerprint density at radius 3 is 2.10 bits per heavy atom. The van der Waals surface area contributed by atoms with E-state index in [1.54, 1.807) is 0 Å². The zero-order valence-corrected chi connectivity index (χ0v) is 17.4. The molecule has 1 saturated carbocycles. The van der Waals surface area contributed by atoms with Gasteiger partial charge in [-0.3, -0.25) is 0 Å². The number of hydrogen-bond donors (Lipinski definition) is 0. The molecule has 0 aromatic heterocycles. The van der Waals surface area contributed by atoms with Gasteiger partial charge in [0.2, 0.25) is 0 Å². The smallest absolute Gasteiger partial charge is 0.429 e. The molecule has 0 spiro atoms. The van der Waals surface area contributed by atoms with E-state index in [-0.39, 0.29) is 18.1 Å². The van der Waals surface area contributed by atoms with Crippen LogP contribution < -0.4 is 4.74 Å².